The summed E-state index contributed by atoms with van der Waals surface area (Å²) in [4.78, 5) is 31.1. The molecule has 6 heteroatoms. The number of para-hydroxylation sites is 2. The molecule has 0 radical (unpaired) electrons. The average Bonchev–Trinajstić information content (AvgIpc) is 3.59. The highest BCUT2D eigenvalue weighted by Crippen LogP contribution is 2.32. The summed E-state index contributed by atoms with van der Waals surface area (Å²) in [7, 11) is 0. The van der Waals surface area contributed by atoms with E-state index >= 15 is 0 Å². The highest BCUT2D eigenvalue weighted by Gasteiger charge is 2.35. The number of likely N-dealkylation sites (tertiary alicyclic amines) is 1. The van der Waals surface area contributed by atoms with Crippen molar-refractivity contribution in [2.75, 3.05) is 13.1 Å². The van der Waals surface area contributed by atoms with Gasteiger partial charge in [-0.25, -0.2) is 4.98 Å². The molecule has 5 rings (SSSR count). The third-order valence-electron chi connectivity index (χ3n) is 6.47. The van der Waals surface area contributed by atoms with E-state index in [0.717, 1.165) is 48.8 Å². The summed E-state index contributed by atoms with van der Waals surface area (Å²) in [6.45, 7) is 2.73. The number of nitrogens with zero attached hydrogens (tertiary/aromatic N) is 3. The molecule has 160 valence electrons. The molecular formula is C25H28N4O2. The van der Waals surface area contributed by atoms with Gasteiger partial charge in [-0.05, 0) is 48.9 Å². The zero-order valence-corrected chi connectivity index (χ0v) is 17.7. The fourth-order valence-corrected chi connectivity index (χ4v) is 4.38. The van der Waals surface area contributed by atoms with E-state index in [-0.39, 0.29) is 17.7 Å². The lowest BCUT2D eigenvalue weighted by Crippen LogP contribution is -2.43. The summed E-state index contributed by atoms with van der Waals surface area (Å²) >= 11 is 0. The Bertz CT molecular complexity index is 1080. The van der Waals surface area contributed by atoms with E-state index in [0.29, 0.717) is 25.5 Å². The van der Waals surface area contributed by atoms with Crippen molar-refractivity contribution in [3.63, 3.8) is 0 Å². The van der Waals surface area contributed by atoms with Crippen LogP contribution < -0.4 is 5.32 Å². The van der Waals surface area contributed by atoms with Crippen LogP contribution in [0.1, 0.15) is 36.8 Å². The molecule has 31 heavy (non-hydrogen) atoms. The maximum atomic E-state index is 12.6. The fourth-order valence-electron chi connectivity index (χ4n) is 4.38. The smallest absolute Gasteiger partial charge is 0.225 e. The van der Waals surface area contributed by atoms with E-state index in [1.165, 1.54) is 5.56 Å². The van der Waals surface area contributed by atoms with Crippen LogP contribution in [0.2, 0.25) is 0 Å². The monoisotopic (exact) mass is 416 g/mol. The number of piperidine rings is 1. The van der Waals surface area contributed by atoms with Crippen LogP contribution in [0.25, 0.3) is 11.0 Å². The van der Waals surface area contributed by atoms with Gasteiger partial charge < -0.3 is 14.8 Å². The van der Waals surface area contributed by atoms with Crippen LogP contribution in [0.4, 0.5) is 0 Å². The summed E-state index contributed by atoms with van der Waals surface area (Å²) in [6.07, 6.45) is 5.49. The first-order valence-electron chi connectivity index (χ1n) is 11.2. The van der Waals surface area contributed by atoms with E-state index in [4.69, 9.17) is 0 Å². The molecular weight excluding hydrogens is 388 g/mol. The van der Waals surface area contributed by atoms with Crippen molar-refractivity contribution in [3.8, 4) is 0 Å². The summed E-state index contributed by atoms with van der Waals surface area (Å²) in [5.41, 5.74) is 4.42. The Morgan fingerprint density at radius 1 is 0.903 bits per heavy atom. The number of nitrogens with one attached hydrogen (secondary N) is 1. The van der Waals surface area contributed by atoms with E-state index in [1.807, 2.05) is 29.4 Å². The van der Waals surface area contributed by atoms with Gasteiger partial charge in [-0.3, -0.25) is 9.59 Å². The van der Waals surface area contributed by atoms with Gasteiger partial charge in [0.15, 0.2) is 0 Å². The van der Waals surface area contributed by atoms with E-state index in [9.17, 15) is 9.59 Å². The van der Waals surface area contributed by atoms with Gasteiger partial charge in [-0.2, -0.15) is 0 Å². The number of aromatic nitrogens is 2. The third-order valence-corrected chi connectivity index (χ3v) is 6.47. The second-order valence-corrected chi connectivity index (χ2v) is 8.77. The first-order chi connectivity index (χ1) is 15.2. The highest BCUT2D eigenvalue weighted by atomic mass is 16.2. The van der Waals surface area contributed by atoms with Crippen molar-refractivity contribution >= 4 is 22.8 Å². The van der Waals surface area contributed by atoms with Crippen LogP contribution in [0.15, 0.2) is 54.9 Å². The zero-order valence-electron chi connectivity index (χ0n) is 17.7. The summed E-state index contributed by atoms with van der Waals surface area (Å²) in [5.74, 6) is 0.674. The molecule has 2 heterocycles. The van der Waals surface area contributed by atoms with Gasteiger partial charge in [-0.1, -0.05) is 36.4 Å². The largest absolute Gasteiger partial charge is 0.352 e. The van der Waals surface area contributed by atoms with Crippen LogP contribution in [-0.4, -0.2) is 39.4 Å². The Balaban J connectivity index is 1.11. The molecule has 2 fully saturated rings. The van der Waals surface area contributed by atoms with Gasteiger partial charge >= 0.3 is 0 Å². The topological polar surface area (TPSA) is 67.2 Å². The molecule has 3 aromatic rings. The number of carbonyl (C=O) groups excluding carboxylic acids is 2. The van der Waals surface area contributed by atoms with Crippen LogP contribution in [0.5, 0.6) is 0 Å². The second kappa shape index (κ2) is 8.53. The minimum atomic E-state index is 0.0112. The fraction of sp³-hybridized carbons (Fsp3) is 0.400. The molecule has 0 spiro atoms. The highest BCUT2D eigenvalue weighted by molar-refractivity contribution is 5.82. The second-order valence-electron chi connectivity index (χ2n) is 8.77. The number of amides is 2. The van der Waals surface area contributed by atoms with Gasteiger partial charge in [0, 0.05) is 38.0 Å². The molecule has 0 atom stereocenters. The molecule has 2 aromatic carbocycles. The Kier molecular flexibility index (Phi) is 5.45. The predicted molar refractivity (Wildman–Crippen MR) is 119 cm³/mol. The Morgan fingerprint density at radius 2 is 1.61 bits per heavy atom. The Morgan fingerprint density at radius 3 is 2.35 bits per heavy atom. The molecule has 2 aliphatic rings. The minimum absolute atomic E-state index is 0.0112. The maximum Gasteiger partial charge on any atom is 0.225 e. The van der Waals surface area contributed by atoms with Gasteiger partial charge in [0.05, 0.1) is 17.4 Å². The van der Waals surface area contributed by atoms with Crippen molar-refractivity contribution in [1.29, 1.82) is 0 Å². The molecule has 1 aliphatic carbocycles. The number of rotatable bonds is 6. The van der Waals surface area contributed by atoms with Crippen LogP contribution >= 0.6 is 0 Å². The molecule has 1 saturated heterocycles. The van der Waals surface area contributed by atoms with Crippen molar-refractivity contribution < 1.29 is 9.59 Å². The number of benzene rings is 2. The van der Waals surface area contributed by atoms with Gasteiger partial charge in [0.2, 0.25) is 11.8 Å². The van der Waals surface area contributed by atoms with Gasteiger partial charge in [-0.15, -0.1) is 0 Å². The lowest BCUT2D eigenvalue weighted by molar-refractivity contribution is -0.136. The lowest BCUT2D eigenvalue weighted by Gasteiger charge is -2.31. The number of fused-ring (bicyclic) bond motifs is 1. The zero-order chi connectivity index (χ0) is 21.2. The van der Waals surface area contributed by atoms with E-state index < -0.39 is 0 Å². The third kappa shape index (κ3) is 4.48. The normalized spacial score (nSPS) is 17.1. The Labute approximate surface area is 182 Å². The maximum absolute atomic E-state index is 12.6. The summed E-state index contributed by atoms with van der Waals surface area (Å²) < 4.78 is 2.15. The molecule has 1 aliphatic heterocycles. The molecule has 1 N–H and O–H groups in total. The van der Waals surface area contributed by atoms with Crippen LogP contribution in [-0.2, 0) is 22.7 Å². The van der Waals surface area contributed by atoms with Gasteiger partial charge in [0.25, 0.3) is 0 Å². The van der Waals surface area contributed by atoms with E-state index in [1.54, 1.807) is 0 Å². The average molecular weight is 417 g/mol. The van der Waals surface area contributed by atoms with Crippen LogP contribution in [0.3, 0.4) is 0 Å². The number of hydrogen-bond acceptors (Lipinski definition) is 3. The quantitative estimate of drug-likeness (QED) is 0.670. The first-order valence-corrected chi connectivity index (χ1v) is 11.2. The molecule has 6 nitrogen and oxygen atoms in total. The molecule has 1 aromatic heterocycles. The Hall–Kier alpha value is -3.15. The molecule has 2 amide bonds. The van der Waals surface area contributed by atoms with Gasteiger partial charge in [0.1, 0.15) is 0 Å². The summed E-state index contributed by atoms with van der Waals surface area (Å²) in [6, 6.07) is 16.5. The molecule has 1 saturated carbocycles. The first kappa shape index (κ1) is 19.8. The van der Waals surface area contributed by atoms with Crippen molar-refractivity contribution in [1.82, 2.24) is 19.8 Å². The SMILES string of the molecule is O=C(NCc1ccc(Cn2cnc3ccccc32)cc1)C1CCN(C(=O)C2CC2)CC1. The van der Waals surface area contributed by atoms with Crippen molar-refractivity contribution in [2.24, 2.45) is 11.8 Å². The predicted octanol–water partition coefficient (Wildman–Crippen LogP) is 3.35. The van der Waals surface area contributed by atoms with Crippen molar-refractivity contribution in [3.05, 3.63) is 66.0 Å². The number of imidazole rings is 1. The number of carbonyl (C=O) groups is 2. The van der Waals surface area contributed by atoms with Crippen LogP contribution in [0, 0.1) is 11.8 Å². The number of hydrogen-bond donors (Lipinski definition) is 1. The minimum Gasteiger partial charge on any atom is -0.352 e. The lowest BCUT2D eigenvalue weighted by atomic mass is 9.95. The molecule has 0 unspecified atom stereocenters. The molecule has 0 bridgehead atoms. The summed E-state index contributed by atoms with van der Waals surface area (Å²) in [5, 5.41) is 3.08. The van der Waals surface area contributed by atoms with E-state index in [2.05, 4.69) is 45.2 Å². The standard InChI is InChI=1S/C25H28N4O2/c30-24(20-11-13-28(14-12-20)25(31)21-9-10-21)26-15-18-5-7-19(8-6-18)16-29-17-27-22-3-1-2-4-23(22)29/h1-8,17,20-21H,9-16H2,(H,26,30). The van der Waals surface area contributed by atoms with Crippen molar-refractivity contribution in [2.45, 2.75) is 38.8 Å².